The summed E-state index contributed by atoms with van der Waals surface area (Å²) in [4.78, 5) is 0. The average molecular weight is 269 g/mol. The minimum atomic E-state index is -0.324. The number of hydrogen-bond donors (Lipinski definition) is 1. The molecule has 1 aromatic rings. The van der Waals surface area contributed by atoms with E-state index in [4.69, 9.17) is 15.2 Å². The molecule has 0 aliphatic rings. The van der Waals surface area contributed by atoms with Crippen molar-refractivity contribution in [2.75, 3.05) is 20.3 Å². The molecule has 0 radical (unpaired) electrons. The number of halogens is 1. The van der Waals surface area contributed by atoms with E-state index in [0.717, 1.165) is 18.4 Å². The molecule has 0 saturated heterocycles. The Morgan fingerprint density at radius 2 is 2.00 bits per heavy atom. The van der Waals surface area contributed by atoms with Crippen LogP contribution in [0.25, 0.3) is 0 Å². The standard InChI is InChI=1S/C15H24FNO2/c1-11(12(2)17)9-13-5-6-14(16)15(10-13)19-8-4-7-18-3/h5-6,10-12H,4,7-9,17H2,1-3H3. The second-order valence-electron chi connectivity index (χ2n) is 5.00. The van der Waals surface area contributed by atoms with Gasteiger partial charge in [-0.3, -0.25) is 0 Å². The van der Waals surface area contributed by atoms with Gasteiger partial charge in [-0.15, -0.1) is 0 Å². The van der Waals surface area contributed by atoms with Crippen molar-refractivity contribution >= 4 is 0 Å². The first-order valence-corrected chi connectivity index (χ1v) is 6.70. The van der Waals surface area contributed by atoms with Crippen molar-refractivity contribution in [3.8, 4) is 5.75 Å². The van der Waals surface area contributed by atoms with Crippen LogP contribution in [0.1, 0.15) is 25.8 Å². The average Bonchev–Trinajstić information content (AvgIpc) is 2.38. The van der Waals surface area contributed by atoms with Crippen LogP contribution in [0.3, 0.4) is 0 Å². The van der Waals surface area contributed by atoms with Crippen LogP contribution in [0.5, 0.6) is 5.75 Å². The lowest BCUT2D eigenvalue weighted by molar-refractivity contribution is 0.170. The van der Waals surface area contributed by atoms with E-state index < -0.39 is 0 Å². The second kappa shape index (κ2) is 8.12. The highest BCUT2D eigenvalue weighted by molar-refractivity contribution is 5.30. The van der Waals surface area contributed by atoms with Crippen molar-refractivity contribution in [1.29, 1.82) is 0 Å². The van der Waals surface area contributed by atoms with Crippen molar-refractivity contribution in [1.82, 2.24) is 0 Å². The van der Waals surface area contributed by atoms with E-state index in [9.17, 15) is 4.39 Å². The molecule has 2 N–H and O–H groups in total. The Kier molecular flexibility index (Phi) is 6.81. The summed E-state index contributed by atoms with van der Waals surface area (Å²) in [5.41, 5.74) is 6.90. The zero-order valence-corrected chi connectivity index (χ0v) is 12.0. The Morgan fingerprint density at radius 3 is 2.63 bits per heavy atom. The van der Waals surface area contributed by atoms with Crippen LogP contribution in [0.2, 0.25) is 0 Å². The van der Waals surface area contributed by atoms with Crippen LogP contribution in [0, 0.1) is 11.7 Å². The maximum absolute atomic E-state index is 13.6. The van der Waals surface area contributed by atoms with Crippen molar-refractivity contribution < 1.29 is 13.9 Å². The molecule has 0 aromatic heterocycles. The van der Waals surface area contributed by atoms with Crippen LogP contribution in [0.15, 0.2) is 18.2 Å². The van der Waals surface area contributed by atoms with Crippen molar-refractivity contribution in [3.05, 3.63) is 29.6 Å². The third-order valence-corrected chi connectivity index (χ3v) is 3.20. The largest absolute Gasteiger partial charge is 0.490 e. The summed E-state index contributed by atoms with van der Waals surface area (Å²) >= 11 is 0. The molecule has 0 aliphatic heterocycles. The zero-order chi connectivity index (χ0) is 14.3. The monoisotopic (exact) mass is 269 g/mol. The molecule has 19 heavy (non-hydrogen) atoms. The molecular weight excluding hydrogens is 245 g/mol. The maximum atomic E-state index is 13.6. The van der Waals surface area contributed by atoms with Gasteiger partial charge in [-0.2, -0.15) is 0 Å². The highest BCUT2D eigenvalue weighted by Crippen LogP contribution is 2.21. The summed E-state index contributed by atoms with van der Waals surface area (Å²) < 4.78 is 24.0. The van der Waals surface area contributed by atoms with Gasteiger partial charge >= 0.3 is 0 Å². The lowest BCUT2D eigenvalue weighted by atomic mass is 9.95. The Hall–Kier alpha value is -1.13. The van der Waals surface area contributed by atoms with Gasteiger partial charge in [0.25, 0.3) is 0 Å². The number of nitrogens with two attached hydrogens (primary N) is 1. The molecule has 0 amide bonds. The lowest BCUT2D eigenvalue weighted by Crippen LogP contribution is -2.25. The topological polar surface area (TPSA) is 44.5 Å². The van der Waals surface area contributed by atoms with Crippen LogP contribution < -0.4 is 10.5 Å². The van der Waals surface area contributed by atoms with E-state index >= 15 is 0 Å². The minimum Gasteiger partial charge on any atom is -0.490 e. The fourth-order valence-electron chi connectivity index (χ4n) is 1.73. The fourth-order valence-corrected chi connectivity index (χ4v) is 1.73. The van der Waals surface area contributed by atoms with E-state index in [0.29, 0.717) is 24.9 Å². The Morgan fingerprint density at radius 1 is 1.26 bits per heavy atom. The van der Waals surface area contributed by atoms with Gasteiger partial charge in [-0.05, 0) is 37.0 Å². The molecule has 1 aromatic carbocycles. The van der Waals surface area contributed by atoms with Gasteiger partial charge < -0.3 is 15.2 Å². The smallest absolute Gasteiger partial charge is 0.165 e. The molecule has 0 fully saturated rings. The molecule has 0 spiro atoms. The molecular formula is C15H24FNO2. The van der Waals surface area contributed by atoms with Gasteiger partial charge in [0.05, 0.1) is 6.61 Å². The zero-order valence-electron chi connectivity index (χ0n) is 12.0. The number of methoxy groups -OCH3 is 1. The summed E-state index contributed by atoms with van der Waals surface area (Å²) in [7, 11) is 1.64. The highest BCUT2D eigenvalue weighted by atomic mass is 19.1. The second-order valence-corrected chi connectivity index (χ2v) is 5.00. The molecule has 0 bridgehead atoms. The number of hydrogen-bond acceptors (Lipinski definition) is 3. The minimum absolute atomic E-state index is 0.121. The molecule has 0 heterocycles. The number of rotatable bonds is 8. The maximum Gasteiger partial charge on any atom is 0.165 e. The predicted octanol–water partition coefficient (Wildman–Crippen LogP) is 2.77. The van der Waals surface area contributed by atoms with E-state index in [1.54, 1.807) is 19.2 Å². The van der Waals surface area contributed by atoms with Crippen molar-refractivity contribution in [2.45, 2.75) is 32.7 Å². The summed E-state index contributed by atoms with van der Waals surface area (Å²) in [5.74, 6) is 0.340. The summed E-state index contributed by atoms with van der Waals surface area (Å²) in [6.07, 6.45) is 1.57. The van der Waals surface area contributed by atoms with Crippen molar-refractivity contribution in [3.63, 3.8) is 0 Å². The molecule has 1 rings (SSSR count). The first-order valence-electron chi connectivity index (χ1n) is 6.70. The molecule has 4 heteroatoms. The van der Waals surface area contributed by atoms with Crippen LogP contribution in [-0.2, 0) is 11.2 Å². The third kappa shape index (κ3) is 5.57. The molecule has 0 saturated carbocycles. The van der Waals surface area contributed by atoms with Crippen LogP contribution >= 0.6 is 0 Å². The van der Waals surface area contributed by atoms with Gasteiger partial charge in [-0.25, -0.2) is 4.39 Å². The Balaban J connectivity index is 2.60. The SMILES string of the molecule is COCCCOc1cc(CC(C)C(C)N)ccc1F. The van der Waals surface area contributed by atoms with Gasteiger partial charge in [-0.1, -0.05) is 13.0 Å². The van der Waals surface area contributed by atoms with E-state index in [2.05, 4.69) is 6.92 Å². The van der Waals surface area contributed by atoms with Crippen LogP contribution in [-0.4, -0.2) is 26.4 Å². The normalized spacial score (nSPS) is 14.2. The predicted molar refractivity (Wildman–Crippen MR) is 74.9 cm³/mol. The number of benzene rings is 1. The van der Waals surface area contributed by atoms with E-state index in [1.165, 1.54) is 6.07 Å². The summed E-state index contributed by atoms with van der Waals surface area (Å²) in [6, 6.07) is 5.13. The molecule has 2 unspecified atom stereocenters. The Bertz CT molecular complexity index is 382. The lowest BCUT2D eigenvalue weighted by Gasteiger charge is -2.16. The van der Waals surface area contributed by atoms with E-state index in [1.807, 2.05) is 6.92 Å². The molecule has 108 valence electrons. The summed E-state index contributed by atoms with van der Waals surface area (Å²) in [5, 5.41) is 0. The molecule has 2 atom stereocenters. The first kappa shape index (κ1) is 15.9. The van der Waals surface area contributed by atoms with Gasteiger partial charge in [0, 0.05) is 26.2 Å². The first-order chi connectivity index (χ1) is 9.04. The summed E-state index contributed by atoms with van der Waals surface area (Å²) in [6.45, 7) is 5.14. The number of ether oxygens (including phenoxy) is 2. The van der Waals surface area contributed by atoms with E-state index in [-0.39, 0.29) is 11.9 Å². The quantitative estimate of drug-likeness (QED) is 0.738. The van der Waals surface area contributed by atoms with Crippen LogP contribution in [0.4, 0.5) is 4.39 Å². The van der Waals surface area contributed by atoms with Gasteiger partial charge in [0.1, 0.15) is 0 Å². The third-order valence-electron chi connectivity index (χ3n) is 3.20. The highest BCUT2D eigenvalue weighted by Gasteiger charge is 2.11. The molecule has 3 nitrogen and oxygen atoms in total. The molecule has 0 aliphatic carbocycles. The van der Waals surface area contributed by atoms with Crippen molar-refractivity contribution in [2.24, 2.45) is 11.7 Å². The van der Waals surface area contributed by atoms with Gasteiger partial charge in [0.15, 0.2) is 11.6 Å². The fraction of sp³-hybridized carbons (Fsp3) is 0.600. The van der Waals surface area contributed by atoms with Gasteiger partial charge in [0.2, 0.25) is 0 Å². The Labute approximate surface area is 114 Å².